The third-order valence-electron chi connectivity index (χ3n) is 5.26. The Kier molecular flexibility index (Phi) is 4.55. The molecule has 1 aliphatic rings. The van der Waals surface area contributed by atoms with E-state index in [9.17, 15) is 14.7 Å². The summed E-state index contributed by atoms with van der Waals surface area (Å²) in [7, 11) is 0. The number of ketones is 1. The molecule has 0 saturated carbocycles. The maximum absolute atomic E-state index is 13.4. The van der Waals surface area contributed by atoms with E-state index in [-0.39, 0.29) is 17.9 Å². The fourth-order valence-corrected chi connectivity index (χ4v) is 3.83. The summed E-state index contributed by atoms with van der Waals surface area (Å²) in [6.45, 7) is 0.125. The average Bonchev–Trinajstić information content (AvgIpc) is 3.35. The van der Waals surface area contributed by atoms with E-state index < -0.39 is 23.5 Å². The van der Waals surface area contributed by atoms with Crippen molar-refractivity contribution in [2.24, 2.45) is 0 Å². The Hall–Kier alpha value is -4.26. The third kappa shape index (κ3) is 3.26. The second-order valence-electron chi connectivity index (χ2n) is 7.18. The summed E-state index contributed by atoms with van der Waals surface area (Å²) in [5, 5.41) is 11.5. The van der Waals surface area contributed by atoms with Gasteiger partial charge in [-0.25, -0.2) is 0 Å². The van der Waals surface area contributed by atoms with Gasteiger partial charge in [0, 0.05) is 24.0 Å². The molecular formula is C24H17N3O4. The minimum absolute atomic E-state index is 0.0343. The number of pyridine rings is 2. The first-order valence-electron chi connectivity index (χ1n) is 9.70. The maximum Gasteiger partial charge on any atom is 0.290 e. The van der Waals surface area contributed by atoms with Crippen LogP contribution in [0.15, 0.2) is 95.0 Å². The molecular weight excluding hydrogens is 394 g/mol. The van der Waals surface area contributed by atoms with Crippen molar-refractivity contribution >= 4 is 22.7 Å². The number of para-hydroxylation sites is 1. The Bertz CT molecular complexity index is 1280. The van der Waals surface area contributed by atoms with Crippen molar-refractivity contribution in [1.29, 1.82) is 0 Å². The summed E-state index contributed by atoms with van der Waals surface area (Å²) >= 11 is 0. The molecule has 152 valence electrons. The van der Waals surface area contributed by atoms with Crippen LogP contribution in [0.1, 0.15) is 27.9 Å². The predicted molar refractivity (Wildman–Crippen MR) is 112 cm³/mol. The topological polar surface area (TPSA) is 96.5 Å². The molecule has 0 radical (unpaired) electrons. The quantitative estimate of drug-likeness (QED) is 0.499. The number of rotatable bonds is 5. The van der Waals surface area contributed by atoms with Gasteiger partial charge in [0.1, 0.15) is 5.58 Å². The number of furan rings is 1. The molecule has 1 amide bonds. The first-order valence-corrected chi connectivity index (χ1v) is 9.70. The molecule has 1 atom stereocenters. The number of carbonyl (C=O) groups is 2. The number of fused-ring (bicyclic) bond motifs is 1. The van der Waals surface area contributed by atoms with Gasteiger partial charge in [-0.2, -0.15) is 0 Å². The van der Waals surface area contributed by atoms with E-state index in [0.29, 0.717) is 16.8 Å². The Morgan fingerprint density at radius 2 is 1.90 bits per heavy atom. The summed E-state index contributed by atoms with van der Waals surface area (Å²) in [5.74, 6) is -1.71. The van der Waals surface area contributed by atoms with Crippen LogP contribution in [0.25, 0.3) is 11.0 Å². The van der Waals surface area contributed by atoms with Crippen molar-refractivity contribution in [3.8, 4) is 0 Å². The fraction of sp³-hybridized carbons (Fsp3) is 0.0833. The van der Waals surface area contributed by atoms with Crippen LogP contribution in [0.2, 0.25) is 0 Å². The van der Waals surface area contributed by atoms with Crippen LogP contribution in [-0.4, -0.2) is 31.7 Å². The molecule has 7 heteroatoms. The number of hydrogen-bond acceptors (Lipinski definition) is 6. The number of Topliss-reactive ketones (excluding diaryl/α,β-unsaturated/α-hetero) is 1. The smallest absolute Gasteiger partial charge is 0.290 e. The van der Waals surface area contributed by atoms with Crippen LogP contribution in [0, 0.1) is 0 Å². The lowest BCUT2D eigenvalue weighted by molar-refractivity contribution is -0.130. The van der Waals surface area contributed by atoms with Gasteiger partial charge in [0.2, 0.25) is 5.78 Å². The summed E-state index contributed by atoms with van der Waals surface area (Å²) in [5.41, 5.74) is 1.76. The van der Waals surface area contributed by atoms with Gasteiger partial charge in [0.15, 0.2) is 11.5 Å². The van der Waals surface area contributed by atoms with Crippen molar-refractivity contribution in [3.63, 3.8) is 0 Å². The Labute approximate surface area is 177 Å². The molecule has 1 aromatic carbocycles. The van der Waals surface area contributed by atoms with E-state index in [1.807, 2.05) is 24.3 Å². The second-order valence-corrected chi connectivity index (χ2v) is 7.18. The minimum atomic E-state index is -0.816. The molecule has 0 aliphatic carbocycles. The number of nitrogens with zero attached hydrogens (tertiary/aromatic N) is 3. The molecule has 1 N–H and O–H groups in total. The molecule has 0 fully saturated rings. The summed E-state index contributed by atoms with van der Waals surface area (Å²) < 4.78 is 5.71. The molecule has 0 saturated heterocycles. The zero-order chi connectivity index (χ0) is 21.4. The van der Waals surface area contributed by atoms with Crippen LogP contribution in [0.5, 0.6) is 0 Å². The molecule has 4 heterocycles. The first kappa shape index (κ1) is 18.7. The molecule has 4 aromatic rings. The number of aromatic nitrogens is 2. The number of benzene rings is 1. The van der Waals surface area contributed by atoms with Gasteiger partial charge in [-0.05, 0) is 35.9 Å². The normalized spacial score (nSPS) is 16.3. The van der Waals surface area contributed by atoms with E-state index >= 15 is 0 Å². The van der Waals surface area contributed by atoms with Crippen molar-refractivity contribution in [3.05, 3.63) is 108 Å². The van der Waals surface area contributed by atoms with E-state index in [0.717, 1.165) is 5.39 Å². The van der Waals surface area contributed by atoms with Gasteiger partial charge in [-0.3, -0.25) is 19.6 Å². The zero-order valence-corrected chi connectivity index (χ0v) is 16.3. The van der Waals surface area contributed by atoms with E-state index in [2.05, 4.69) is 9.97 Å². The number of aliphatic hydroxyl groups is 1. The Morgan fingerprint density at radius 1 is 1.06 bits per heavy atom. The Morgan fingerprint density at radius 3 is 2.65 bits per heavy atom. The monoisotopic (exact) mass is 411 g/mol. The first-order chi connectivity index (χ1) is 15.1. The summed E-state index contributed by atoms with van der Waals surface area (Å²) in [4.78, 5) is 36.3. The minimum Gasteiger partial charge on any atom is -0.503 e. The number of carbonyl (C=O) groups excluding carboxylic acids is 2. The van der Waals surface area contributed by atoms with Gasteiger partial charge in [-0.15, -0.1) is 0 Å². The van der Waals surface area contributed by atoms with Gasteiger partial charge in [-0.1, -0.05) is 30.3 Å². The van der Waals surface area contributed by atoms with Gasteiger partial charge < -0.3 is 14.4 Å². The van der Waals surface area contributed by atoms with Crippen LogP contribution in [0.3, 0.4) is 0 Å². The largest absolute Gasteiger partial charge is 0.503 e. The highest BCUT2D eigenvalue weighted by Gasteiger charge is 2.44. The lowest BCUT2D eigenvalue weighted by atomic mass is 9.96. The van der Waals surface area contributed by atoms with Gasteiger partial charge >= 0.3 is 0 Å². The predicted octanol–water partition coefficient (Wildman–Crippen LogP) is 4.00. The van der Waals surface area contributed by atoms with Crippen molar-refractivity contribution in [2.75, 3.05) is 0 Å². The van der Waals surface area contributed by atoms with Crippen molar-refractivity contribution in [1.82, 2.24) is 14.9 Å². The van der Waals surface area contributed by atoms with E-state index in [1.54, 1.807) is 55.0 Å². The fourth-order valence-electron chi connectivity index (χ4n) is 3.83. The maximum atomic E-state index is 13.4. The third-order valence-corrected chi connectivity index (χ3v) is 5.26. The SMILES string of the molecule is O=C(C1=C(O)C(=O)N(Cc2ccccn2)C1c1cccnc1)c1cc2ccccc2o1. The number of aliphatic hydroxyl groups excluding tert-OH is 1. The molecule has 1 aliphatic heterocycles. The van der Waals surface area contributed by atoms with E-state index in [1.165, 1.54) is 4.90 Å². The summed E-state index contributed by atoms with van der Waals surface area (Å²) in [6, 6.07) is 16.9. The molecule has 0 bridgehead atoms. The Balaban J connectivity index is 1.59. The van der Waals surface area contributed by atoms with Gasteiger partial charge in [0.25, 0.3) is 5.91 Å². The molecule has 1 unspecified atom stereocenters. The average molecular weight is 411 g/mol. The van der Waals surface area contributed by atoms with Crippen LogP contribution in [-0.2, 0) is 11.3 Å². The molecule has 0 spiro atoms. The van der Waals surface area contributed by atoms with E-state index in [4.69, 9.17) is 4.42 Å². The van der Waals surface area contributed by atoms with Crippen LogP contribution < -0.4 is 0 Å². The van der Waals surface area contributed by atoms with Crippen molar-refractivity contribution in [2.45, 2.75) is 12.6 Å². The molecule has 7 nitrogen and oxygen atoms in total. The van der Waals surface area contributed by atoms with Crippen molar-refractivity contribution < 1.29 is 19.1 Å². The molecule has 5 rings (SSSR count). The van der Waals surface area contributed by atoms with Gasteiger partial charge in [0.05, 0.1) is 23.9 Å². The molecule has 3 aromatic heterocycles. The number of hydrogen-bond donors (Lipinski definition) is 1. The highest BCUT2D eigenvalue weighted by molar-refractivity contribution is 6.15. The van der Waals surface area contributed by atoms with Crippen LogP contribution >= 0.6 is 0 Å². The second kappa shape index (κ2) is 7.53. The zero-order valence-electron chi connectivity index (χ0n) is 16.3. The standard InChI is InChI=1S/C24H17N3O4/c28-22(19-12-15-6-1-2-9-18(15)31-19)20-21(16-7-5-10-25-13-16)27(24(30)23(20)29)14-17-8-3-4-11-26-17/h1-13,21,29H,14H2. The summed E-state index contributed by atoms with van der Waals surface area (Å²) in [6.07, 6.45) is 4.81. The highest BCUT2D eigenvalue weighted by Crippen LogP contribution is 2.40. The van der Waals surface area contributed by atoms with Crippen LogP contribution in [0.4, 0.5) is 0 Å². The molecule has 31 heavy (non-hydrogen) atoms. The lowest BCUT2D eigenvalue weighted by Gasteiger charge is -2.26. The number of amides is 1. The highest BCUT2D eigenvalue weighted by atomic mass is 16.3. The lowest BCUT2D eigenvalue weighted by Crippen LogP contribution is -2.31.